The average molecular weight is 285 g/mol. The predicted molar refractivity (Wildman–Crippen MR) is 87.2 cm³/mol. The molecule has 3 nitrogen and oxygen atoms in total. The second kappa shape index (κ2) is 6.53. The maximum absolute atomic E-state index is 5.91. The van der Waals surface area contributed by atoms with Crippen molar-refractivity contribution in [1.82, 2.24) is 0 Å². The molecule has 0 saturated heterocycles. The number of aryl methyl sites for hydroxylation is 4. The summed E-state index contributed by atoms with van der Waals surface area (Å²) in [4.78, 5) is 0. The fourth-order valence-electron chi connectivity index (χ4n) is 2.49. The van der Waals surface area contributed by atoms with E-state index in [0.717, 1.165) is 22.4 Å². The zero-order valence-electron chi connectivity index (χ0n) is 13.2. The van der Waals surface area contributed by atoms with Gasteiger partial charge >= 0.3 is 0 Å². The van der Waals surface area contributed by atoms with Crippen molar-refractivity contribution in [3.8, 4) is 11.5 Å². The topological polar surface area (TPSA) is 44.5 Å². The minimum absolute atomic E-state index is 0.472. The minimum atomic E-state index is 0.472. The Morgan fingerprint density at radius 3 is 2.05 bits per heavy atom. The third-order valence-electron chi connectivity index (χ3n) is 3.36. The van der Waals surface area contributed by atoms with Crippen molar-refractivity contribution in [2.45, 2.75) is 27.7 Å². The first kappa shape index (κ1) is 15.2. The van der Waals surface area contributed by atoms with Crippen molar-refractivity contribution >= 4 is 5.69 Å². The van der Waals surface area contributed by atoms with Gasteiger partial charge in [-0.15, -0.1) is 0 Å². The summed E-state index contributed by atoms with van der Waals surface area (Å²) in [7, 11) is 0. The second-order valence-corrected chi connectivity index (χ2v) is 5.47. The van der Waals surface area contributed by atoms with Gasteiger partial charge in [-0.25, -0.2) is 0 Å². The molecule has 0 bridgehead atoms. The summed E-state index contributed by atoms with van der Waals surface area (Å²) in [5, 5.41) is 0. The molecule has 2 aromatic carbocycles. The molecule has 0 heterocycles. The van der Waals surface area contributed by atoms with Gasteiger partial charge in [-0.2, -0.15) is 0 Å². The molecule has 0 aromatic heterocycles. The smallest absolute Gasteiger partial charge is 0.142 e. The first-order valence-electron chi connectivity index (χ1n) is 7.17. The Morgan fingerprint density at radius 2 is 1.43 bits per heavy atom. The summed E-state index contributed by atoms with van der Waals surface area (Å²) in [6.45, 7) is 9.19. The molecule has 0 spiro atoms. The molecule has 0 aliphatic carbocycles. The van der Waals surface area contributed by atoms with Crippen LogP contribution in [0, 0.1) is 27.7 Å². The Kier molecular flexibility index (Phi) is 4.73. The van der Waals surface area contributed by atoms with Crippen molar-refractivity contribution in [2.24, 2.45) is 0 Å². The summed E-state index contributed by atoms with van der Waals surface area (Å²) in [5.41, 5.74) is 11.3. The number of ether oxygens (including phenoxy) is 2. The molecule has 2 aromatic rings. The van der Waals surface area contributed by atoms with Crippen LogP contribution in [-0.2, 0) is 0 Å². The van der Waals surface area contributed by atoms with Gasteiger partial charge in [0.05, 0.1) is 5.69 Å². The molecule has 0 aliphatic rings. The number of benzene rings is 2. The SMILES string of the molecule is Cc1cc(C)c(OCCOc2ccc(C)cc2N)c(C)c1. The van der Waals surface area contributed by atoms with E-state index in [1.165, 1.54) is 5.56 Å². The molecule has 0 amide bonds. The maximum atomic E-state index is 5.91. The van der Waals surface area contributed by atoms with E-state index < -0.39 is 0 Å². The molecule has 0 fully saturated rings. The Bertz CT molecular complexity index is 612. The first-order valence-corrected chi connectivity index (χ1v) is 7.17. The zero-order valence-corrected chi connectivity index (χ0v) is 13.2. The highest BCUT2D eigenvalue weighted by molar-refractivity contribution is 5.54. The van der Waals surface area contributed by atoms with Crippen LogP contribution in [0.2, 0.25) is 0 Å². The third kappa shape index (κ3) is 3.91. The fraction of sp³-hybridized carbons (Fsp3) is 0.333. The van der Waals surface area contributed by atoms with Gasteiger partial charge in [0.1, 0.15) is 24.7 Å². The molecule has 0 radical (unpaired) electrons. The van der Waals surface area contributed by atoms with E-state index >= 15 is 0 Å². The number of nitrogen functional groups attached to an aromatic ring is 1. The lowest BCUT2D eigenvalue weighted by Gasteiger charge is -2.14. The van der Waals surface area contributed by atoms with Gasteiger partial charge < -0.3 is 15.2 Å². The first-order chi connectivity index (χ1) is 9.97. The van der Waals surface area contributed by atoms with Crippen LogP contribution >= 0.6 is 0 Å². The highest BCUT2D eigenvalue weighted by atomic mass is 16.5. The van der Waals surface area contributed by atoms with Crippen LogP contribution in [0.1, 0.15) is 22.3 Å². The highest BCUT2D eigenvalue weighted by Gasteiger charge is 2.05. The monoisotopic (exact) mass is 285 g/mol. The van der Waals surface area contributed by atoms with E-state index in [2.05, 4.69) is 32.9 Å². The van der Waals surface area contributed by atoms with Gasteiger partial charge in [-0.3, -0.25) is 0 Å². The van der Waals surface area contributed by atoms with Gasteiger partial charge in [0, 0.05) is 0 Å². The van der Waals surface area contributed by atoms with Crippen molar-refractivity contribution in [3.05, 3.63) is 52.6 Å². The molecule has 21 heavy (non-hydrogen) atoms. The molecule has 2 N–H and O–H groups in total. The zero-order chi connectivity index (χ0) is 15.4. The van der Waals surface area contributed by atoms with E-state index in [-0.39, 0.29) is 0 Å². The van der Waals surface area contributed by atoms with E-state index in [0.29, 0.717) is 24.7 Å². The lowest BCUT2D eigenvalue weighted by atomic mass is 10.1. The molecule has 2 rings (SSSR count). The van der Waals surface area contributed by atoms with Gasteiger partial charge in [0.25, 0.3) is 0 Å². The van der Waals surface area contributed by atoms with Crippen LogP contribution in [0.4, 0.5) is 5.69 Å². The molecular formula is C18H23NO2. The van der Waals surface area contributed by atoms with E-state index in [4.69, 9.17) is 15.2 Å². The third-order valence-corrected chi connectivity index (χ3v) is 3.36. The lowest BCUT2D eigenvalue weighted by Crippen LogP contribution is -2.11. The Hall–Kier alpha value is -2.16. The predicted octanol–water partition coefficient (Wildman–Crippen LogP) is 3.96. The number of rotatable bonds is 5. The van der Waals surface area contributed by atoms with E-state index in [1.807, 2.05) is 25.1 Å². The number of hydrogen-bond donors (Lipinski definition) is 1. The fourth-order valence-corrected chi connectivity index (χ4v) is 2.49. The van der Waals surface area contributed by atoms with Crippen LogP contribution in [0.15, 0.2) is 30.3 Å². The Balaban J connectivity index is 1.90. The Labute approximate surface area is 126 Å². The molecule has 0 aliphatic heterocycles. The molecule has 3 heteroatoms. The highest BCUT2D eigenvalue weighted by Crippen LogP contribution is 2.25. The largest absolute Gasteiger partial charge is 0.489 e. The number of hydrogen-bond acceptors (Lipinski definition) is 3. The van der Waals surface area contributed by atoms with Gasteiger partial charge in [-0.1, -0.05) is 23.8 Å². The molecule has 0 unspecified atom stereocenters. The van der Waals surface area contributed by atoms with Gasteiger partial charge in [-0.05, 0) is 56.5 Å². The number of nitrogens with two attached hydrogens (primary N) is 1. The quantitative estimate of drug-likeness (QED) is 0.668. The molecule has 112 valence electrons. The standard InChI is InChI=1S/C18H23NO2/c1-12-5-6-17(16(19)11-12)20-7-8-21-18-14(3)9-13(2)10-15(18)4/h5-6,9-11H,7-8,19H2,1-4H3. The van der Waals surface area contributed by atoms with Gasteiger partial charge in [0.15, 0.2) is 0 Å². The van der Waals surface area contributed by atoms with E-state index in [1.54, 1.807) is 0 Å². The molecular weight excluding hydrogens is 262 g/mol. The van der Waals surface area contributed by atoms with Crippen LogP contribution < -0.4 is 15.2 Å². The van der Waals surface area contributed by atoms with Crippen LogP contribution in [-0.4, -0.2) is 13.2 Å². The van der Waals surface area contributed by atoms with Crippen molar-refractivity contribution in [1.29, 1.82) is 0 Å². The van der Waals surface area contributed by atoms with Crippen molar-refractivity contribution in [3.63, 3.8) is 0 Å². The normalized spacial score (nSPS) is 10.5. The van der Waals surface area contributed by atoms with Crippen LogP contribution in [0.3, 0.4) is 0 Å². The minimum Gasteiger partial charge on any atom is -0.489 e. The number of anilines is 1. The average Bonchev–Trinajstić information content (AvgIpc) is 2.38. The second-order valence-electron chi connectivity index (χ2n) is 5.47. The van der Waals surface area contributed by atoms with Crippen molar-refractivity contribution in [2.75, 3.05) is 18.9 Å². The van der Waals surface area contributed by atoms with Crippen LogP contribution in [0.5, 0.6) is 11.5 Å². The van der Waals surface area contributed by atoms with Crippen molar-refractivity contribution < 1.29 is 9.47 Å². The van der Waals surface area contributed by atoms with Crippen LogP contribution in [0.25, 0.3) is 0 Å². The summed E-state index contributed by atoms with van der Waals surface area (Å²) < 4.78 is 11.5. The maximum Gasteiger partial charge on any atom is 0.142 e. The van der Waals surface area contributed by atoms with E-state index in [9.17, 15) is 0 Å². The molecule has 0 saturated carbocycles. The summed E-state index contributed by atoms with van der Waals surface area (Å²) in [6, 6.07) is 10.0. The Morgan fingerprint density at radius 1 is 0.810 bits per heavy atom. The molecule has 0 atom stereocenters. The van der Waals surface area contributed by atoms with Gasteiger partial charge in [0.2, 0.25) is 0 Å². The lowest BCUT2D eigenvalue weighted by molar-refractivity contribution is 0.216. The summed E-state index contributed by atoms with van der Waals surface area (Å²) >= 11 is 0. The summed E-state index contributed by atoms with van der Waals surface area (Å²) in [6.07, 6.45) is 0. The summed E-state index contributed by atoms with van der Waals surface area (Å²) in [5.74, 6) is 1.66.